The summed E-state index contributed by atoms with van der Waals surface area (Å²) in [6.07, 6.45) is 1.68. The molecule has 0 saturated heterocycles. The highest BCUT2D eigenvalue weighted by Crippen LogP contribution is 2.14. The molecule has 0 bridgehead atoms. The average Bonchev–Trinajstić information content (AvgIpc) is 2.22. The Balaban J connectivity index is 2.92. The van der Waals surface area contributed by atoms with Gasteiger partial charge in [-0.05, 0) is 6.92 Å². The molecular formula is C7H7NO. The Morgan fingerprint density at radius 3 is 3.22 bits per heavy atom. The highest BCUT2D eigenvalue weighted by Gasteiger charge is 1.96. The zero-order chi connectivity index (χ0) is 6.27. The summed E-state index contributed by atoms with van der Waals surface area (Å²) < 4.78 is 5.11. The van der Waals surface area contributed by atoms with Crippen molar-refractivity contribution in [2.45, 2.75) is 6.92 Å². The molecule has 2 aromatic heterocycles. The number of aryl methyl sites for hydroxylation is 1. The molecule has 46 valence electrons. The molecular weight excluding hydrogens is 114 g/mol. The molecule has 2 nitrogen and oxygen atoms in total. The van der Waals surface area contributed by atoms with Gasteiger partial charge in [0.05, 0.1) is 11.8 Å². The summed E-state index contributed by atoms with van der Waals surface area (Å²) in [5.41, 5.74) is 3.16. The van der Waals surface area contributed by atoms with Crippen molar-refractivity contribution in [1.29, 1.82) is 0 Å². The lowest BCUT2D eigenvalue weighted by Gasteiger charge is -1.73. The number of rotatable bonds is 0. The topological polar surface area (TPSA) is 28.9 Å². The molecule has 0 amide bonds. The van der Waals surface area contributed by atoms with Crippen molar-refractivity contribution in [3.63, 3.8) is 0 Å². The minimum Gasteiger partial charge on any atom is -0.463 e. The predicted octanol–water partition coefficient (Wildman–Crippen LogP) is 2.07. The van der Waals surface area contributed by atoms with Crippen molar-refractivity contribution in [2.75, 3.05) is 0 Å². The SMILES string of the molecule is Cc1cc2occc2[nH]1. The second-order valence-corrected chi connectivity index (χ2v) is 2.15. The van der Waals surface area contributed by atoms with Crippen LogP contribution in [-0.2, 0) is 0 Å². The Morgan fingerprint density at radius 1 is 1.56 bits per heavy atom. The number of H-pyrrole nitrogens is 1. The molecule has 0 fully saturated rings. The van der Waals surface area contributed by atoms with Crippen molar-refractivity contribution in [3.05, 3.63) is 24.1 Å². The first-order chi connectivity index (χ1) is 4.36. The molecule has 0 unspecified atom stereocenters. The van der Waals surface area contributed by atoms with E-state index in [0.29, 0.717) is 0 Å². The quantitative estimate of drug-likeness (QED) is 0.568. The molecule has 1 N–H and O–H groups in total. The standard InChI is InChI=1S/C7H7NO/c1-5-4-7-6(8-5)2-3-9-7/h2-4,8H,1H3. The molecule has 0 aliphatic heterocycles. The van der Waals surface area contributed by atoms with E-state index in [1.807, 2.05) is 19.1 Å². The average molecular weight is 121 g/mol. The summed E-state index contributed by atoms with van der Waals surface area (Å²) in [6.45, 7) is 2.01. The molecule has 2 aromatic rings. The Hall–Kier alpha value is -1.18. The van der Waals surface area contributed by atoms with Gasteiger partial charge in [0.25, 0.3) is 0 Å². The summed E-state index contributed by atoms with van der Waals surface area (Å²) in [6, 6.07) is 3.90. The number of aromatic nitrogens is 1. The third-order valence-corrected chi connectivity index (χ3v) is 1.37. The number of fused-ring (bicyclic) bond motifs is 1. The summed E-state index contributed by atoms with van der Waals surface area (Å²) in [5, 5.41) is 0. The monoisotopic (exact) mass is 121 g/mol. The van der Waals surface area contributed by atoms with Gasteiger partial charge in [0.15, 0.2) is 5.58 Å². The maximum atomic E-state index is 5.11. The van der Waals surface area contributed by atoms with Gasteiger partial charge in [-0.2, -0.15) is 0 Å². The lowest BCUT2D eigenvalue weighted by molar-refractivity contribution is 0.616. The summed E-state index contributed by atoms with van der Waals surface area (Å²) in [5.74, 6) is 0. The van der Waals surface area contributed by atoms with E-state index in [-0.39, 0.29) is 0 Å². The zero-order valence-electron chi connectivity index (χ0n) is 5.14. The Morgan fingerprint density at radius 2 is 2.44 bits per heavy atom. The molecule has 0 saturated carbocycles. The van der Waals surface area contributed by atoms with Gasteiger partial charge in [-0.1, -0.05) is 0 Å². The molecule has 9 heavy (non-hydrogen) atoms. The van der Waals surface area contributed by atoms with Gasteiger partial charge in [0, 0.05) is 17.8 Å². The minimum atomic E-state index is 0.938. The first-order valence-corrected chi connectivity index (χ1v) is 2.89. The predicted molar refractivity (Wildman–Crippen MR) is 35.3 cm³/mol. The van der Waals surface area contributed by atoms with Gasteiger partial charge < -0.3 is 9.40 Å². The van der Waals surface area contributed by atoms with Crippen molar-refractivity contribution in [3.8, 4) is 0 Å². The van der Waals surface area contributed by atoms with Gasteiger partial charge in [-0.3, -0.25) is 0 Å². The fourth-order valence-corrected chi connectivity index (χ4v) is 0.981. The number of hydrogen-bond acceptors (Lipinski definition) is 1. The van der Waals surface area contributed by atoms with Crippen LogP contribution in [-0.4, -0.2) is 4.98 Å². The first kappa shape index (κ1) is 4.68. The number of aromatic amines is 1. The van der Waals surface area contributed by atoms with Crippen LogP contribution in [0.1, 0.15) is 5.69 Å². The normalized spacial score (nSPS) is 10.8. The van der Waals surface area contributed by atoms with Crippen LogP contribution in [0.4, 0.5) is 0 Å². The molecule has 0 atom stereocenters. The molecule has 0 aliphatic rings. The van der Waals surface area contributed by atoms with Crippen molar-refractivity contribution in [1.82, 2.24) is 4.98 Å². The van der Waals surface area contributed by atoms with Crippen LogP contribution >= 0.6 is 0 Å². The molecule has 0 aromatic carbocycles. The molecule has 2 heteroatoms. The van der Waals surface area contributed by atoms with Crippen LogP contribution in [0.25, 0.3) is 11.1 Å². The first-order valence-electron chi connectivity index (χ1n) is 2.89. The fraction of sp³-hybridized carbons (Fsp3) is 0.143. The third-order valence-electron chi connectivity index (χ3n) is 1.37. The van der Waals surface area contributed by atoms with Crippen LogP contribution in [0, 0.1) is 6.92 Å². The Labute approximate surface area is 52.5 Å². The maximum absolute atomic E-state index is 5.11. The lowest BCUT2D eigenvalue weighted by Crippen LogP contribution is -1.62. The number of hydrogen-bond donors (Lipinski definition) is 1. The second kappa shape index (κ2) is 1.41. The number of furan rings is 1. The maximum Gasteiger partial charge on any atom is 0.151 e. The van der Waals surface area contributed by atoms with Gasteiger partial charge >= 0.3 is 0 Å². The zero-order valence-corrected chi connectivity index (χ0v) is 5.14. The molecule has 0 aliphatic carbocycles. The Kier molecular flexibility index (Phi) is 0.730. The van der Waals surface area contributed by atoms with Gasteiger partial charge in [0.2, 0.25) is 0 Å². The van der Waals surface area contributed by atoms with E-state index in [2.05, 4.69) is 4.98 Å². The van der Waals surface area contributed by atoms with E-state index >= 15 is 0 Å². The van der Waals surface area contributed by atoms with Gasteiger partial charge in [-0.15, -0.1) is 0 Å². The minimum absolute atomic E-state index is 0.938. The van der Waals surface area contributed by atoms with Crippen LogP contribution in [0.2, 0.25) is 0 Å². The van der Waals surface area contributed by atoms with Crippen molar-refractivity contribution < 1.29 is 4.42 Å². The summed E-state index contributed by atoms with van der Waals surface area (Å²) >= 11 is 0. The van der Waals surface area contributed by atoms with Crippen molar-refractivity contribution in [2.24, 2.45) is 0 Å². The van der Waals surface area contributed by atoms with Crippen molar-refractivity contribution >= 4 is 11.1 Å². The van der Waals surface area contributed by atoms with Gasteiger partial charge in [-0.25, -0.2) is 0 Å². The molecule has 2 rings (SSSR count). The second-order valence-electron chi connectivity index (χ2n) is 2.15. The van der Waals surface area contributed by atoms with Crippen LogP contribution in [0.3, 0.4) is 0 Å². The Bertz CT molecular complexity index is 290. The van der Waals surface area contributed by atoms with E-state index in [0.717, 1.165) is 16.8 Å². The molecule has 0 spiro atoms. The fourth-order valence-electron chi connectivity index (χ4n) is 0.981. The highest BCUT2D eigenvalue weighted by molar-refractivity contribution is 5.73. The largest absolute Gasteiger partial charge is 0.463 e. The van der Waals surface area contributed by atoms with Gasteiger partial charge in [0.1, 0.15) is 0 Å². The molecule has 0 radical (unpaired) electrons. The summed E-state index contributed by atoms with van der Waals surface area (Å²) in [4.78, 5) is 3.14. The van der Waals surface area contributed by atoms with E-state index in [9.17, 15) is 0 Å². The summed E-state index contributed by atoms with van der Waals surface area (Å²) in [7, 11) is 0. The van der Waals surface area contributed by atoms with E-state index in [4.69, 9.17) is 4.42 Å². The van der Waals surface area contributed by atoms with Crippen LogP contribution in [0.15, 0.2) is 22.8 Å². The lowest BCUT2D eigenvalue weighted by atomic mass is 10.5. The van der Waals surface area contributed by atoms with Crippen LogP contribution in [0.5, 0.6) is 0 Å². The highest BCUT2D eigenvalue weighted by atomic mass is 16.3. The van der Waals surface area contributed by atoms with Crippen LogP contribution < -0.4 is 0 Å². The number of nitrogens with one attached hydrogen (secondary N) is 1. The third kappa shape index (κ3) is 0.560. The molecule has 2 heterocycles. The van der Waals surface area contributed by atoms with E-state index in [1.54, 1.807) is 6.26 Å². The van der Waals surface area contributed by atoms with E-state index < -0.39 is 0 Å². The van der Waals surface area contributed by atoms with E-state index in [1.165, 1.54) is 0 Å². The smallest absolute Gasteiger partial charge is 0.151 e.